The van der Waals surface area contributed by atoms with Crippen molar-refractivity contribution in [2.24, 2.45) is 5.73 Å². The van der Waals surface area contributed by atoms with Crippen LogP contribution in [0, 0.1) is 5.82 Å². The Labute approximate surface area is 100 Å². The maximum absolute atomic E-state index is 13.2. The van der Waals surface area contributed by atoms with Gasteiger partial charge in [0, 0.05) is 31.6 Å². The third-order valence-corrected chi connectivity index (χ3v) is 3.17. The van der Waals surface area contributed by atoms with Gasteiger partial charge in [-0.2, -0.15) is 0 Å². The summed E-state index contributed by atoms with van der Waals surface area (Å²) in [5.41, 5.74) is 7.03. The van der Waals surface area contributed by atoms with Crippen LogP contribution in [0.1, 0.15) is 24.0 Å². The first-order valence-corrected chi connectivity index (χ1v) is 5.96. The van der Waals surface area contributed by atoms with Crippen LogP contribution in [0.25, 0.3) is 0 Å². The van der Waals surface area contributed by atoms with Crippen molar-refractivity contribution in [3.05, 3.63) is 35.1 Å². The molecule has 0 unspecified atom stereocenters. The van der Waals surface area contributed by atoms with Gasteiger partial charge in [-0.15, -0.1) is 0 Å². The van der Waals surface area contributed by atoms with E-state index in [0.29, 0.717) is 18.5 Å². The number of carbonyl (C=O) groups is 1. The fraction of sp³-hybridized carbons (Fsp3) is 0.462. The summed E-state index contributed by atoms with van der Waals surface area (Å²) in [5.74, 6) is -0.0281. The Morgan fingerprint density at radius 1 is 1.41 bits per heavy atom. The Kier molecular flexibility index (Phi) is 3.74. The van der Waals surface area contributed by atoms with E-state index in [1.807, 2.05) is 4.90 Å². The highest BCUT2D eigenvalue weighted by Gasteiger charge is 2.19. The van der Waals surface area contributed by atoms with Crippen LogP contribution in [0.4, 0.5) is 4.39 Å². The van der Waals surface area contributed by atoms with Gasteiger partial charge in [0.05, 0.1) is 0 Å². The van der Waals surface area contributed by atoms with Crippen LogP contribution >= 0.6 is 0 Å². The van der Waals surface area contributed by atoms with Crippen molar-refractivity contribution in [3.8, 4) is 0 Å². The molecule has 17 heavy (non-hydrogen) atoms. The minimum Gasteiger partial charge on any atom is -0.342 e. The van der Waals surface area contributed by atoms with Crippen LogP contribution < -0.4 is 5.73 Å². The lowest BCUT2D eigenvalue weighted by Gasteiger charge is -2.15. The second-order valence-electron chi connectivity index (χ2n) is 4.36. The van der Waals surface area contributed by atoms with Crippen molar-refractivity contribution in [2.45, 2.75) is 25.8 Å². The van der Waals surface area contributed by atoms with Crippen LogP contribution in [0.15, 0.2) is 18.2 Å². The lowest BCUT2D eigenvalue weighted by Crippen LogP contribution is -2.26. The quantitative estimate of drug-likeness (QED) is 0.860. The molecule has 1 aliphatic rings. The van der Waals surface area contributed by atoms with Gasteiger partial charge >= 0.3 is 0 Å². The Morgan fingerprint density at radius 3 is 2.88 bits per heavy atom. The van der Waals surface area contributed by atoms with E-state index in [2.05, 4.69) is 0 Å². The molecule has 0 aliphatic carbocycles. The third kappa shape index (κ3) is 2.82. The molecule has 92 valence electrons. The maximum Gasteiger partial charge on any atom is 0.222 e. The third-order valence-electron chi connectivity index (χ3n) is 3.17. The van der Waals surface area contributed by atoms with E-state index in [-0.39, 0.29) is 18.3 Å². The molecule has 0 atom stereocenters. The standard InChI is InChI=1S/C13H17FN2O/c14-12-4-3-10(8-11(12)9-15)5-7-16-6-1-2-13(16)17/h3-4,8H,1-2,5-7,9,15H2. The Morgan fingerprint density at radius 2 is 2.24 bits per heavy atom. The lowest BCUT2D eigenvalue weighted by atomic mass is 10.1. The van der Waals surface area contributed by atoms with Gasteiger partial charge in [-0.3, -0.25) is 4.79 Å². The van der Waals surface area contributed by atoms with Crippen molar-refractivity contribution < 1.29 is 9.18 Å². The van der Waals surface area contributed by atoms with Crippen molar-refractivity contribution in [3.63, 3.8) is 0 Å². The number of carbonyl (C=O) groups excluding carboxylic acids is 1. The summed E-state index contributed by atoms with van der Waals surface area (Å²) in [6, 6.07) is 4.99. The maximum atomic E-state index is 13.2. The molecule has 1 saturated heterocycles. The Bertz CT molecular complexity index is 420. The number of likely N-dealkylation sites (tertiary alicyclic amines) is 1. The average molecular weight is 236 g/mol. The van der Waals surface area contributed by atoms with Gasteiger partial charge in [0.25, 0.3) is 0 Å². The number of amides is 1. The monoisotopic (exact) mass is 236 g/mol. The first-order chi connectivity index (χ1) is 8.20. The number of hydrogen-bond donors (Lipinski definition) is 1. The highest BCUT2D eigenvalue weighted by atomic mass is 19.1. The molecule has 1 fully saturated rings. The van der Waals surface area contributed by atoms with E-state index >= 15 is 0 Å². The molecule has 1 heterocycles. The van der Waals surface area contributed by atoms with E-state index in [1.54, 1.807) is 12.1 Å². The molecule has 2 rings (SSSR count). The zero-order chi connectivity index (χ0) is 12.3. The second kappa shape index (κ2) is 5.27. The van der Waals surface area contributed by atoms with Gasteiger partial charge in [0.1, 0.15) is 5.82 Å². The zero-order valence-corrected chi connectivity index (χ0v) is 9.79. The van der Waals surface area contributed by atoms with Crippen LogP contribution in [0.2, 0.25) is 0 Å². The van der Waals surface area contributed by atoms with Crippen LogP contribution in [-0.4, -0.2) is 23.9 Å². The van der Waals surface area contributed by atoms with Crippen molar-refractivity contribution in [2.75, 3.05) is 13.1 Å². The summed E-state index contributed by atoms with van der Waals surface area (Å²) in [4.78, 5) is 13.3. The predicted molar refractivity (Wildman–Crippen MR) is 63.8 cm³/mol. The highest BCUT2D eigenvalue weighted by molar-refractivity contribution is 5.78. The molecule has 0 radical (unpaired) electrons. The summed E-state index contributed by atoms with van der Waals surface area (Å²) in [6.45, 7) is 1.78. The zero-order valence-electron chi connectivity index (χ0n) is 9.79. The number of nitrogens with two attached hydrogens (primary N) is 1. The van der Waals surface area contributed by atoms with Gasteiger partial charge in [0.2, 0.25) is 5.91 Å². The average Bonchev–Trinajstić information content (AvgIpc) is 2.74. The molecular weight excluding hydrogens is 219 g/mol. The van der Waals surface area contributed by atoms with E-state index in [4.69, 9.17) is 5.73 Å². The number of rotatable bonds is 4. The van der Waals surface area contributed by atoms with Crippen molar-refractivity contribution in [1.82, 2.24) is 4.90 Å². The van der Waals surface area contributed by atoms with E-state index in [1.165, 1.54) is 6.07 Å². The van der Waals surface area contributed by atoms with Gasteiger partial charge in [-0.05, 0) is 24.5 Å². The molecule has 0 bridgehead atoms. The predicted octanol–water partition coefficient (Wildman–Crippen LogP) is 1.45. The van der Waals surface area contributed by atoms with Crippen LogP contribution in [0.5, 0.6) is 0 Å². The Balaban J connectivity index is 1.97. The van der Waals surface area contributed by atoms with Gasteiger partial charge < -0.3 is 10.6 Å². The number of hydrogen-bond acceptors (Lipinski definition) is 2. The SMILES string of the molecule is NCc1cc(CCN2CCCC2=O)ccc1F. The van der Waals surface area contributed by atoms with Gasteiger partial charge in [0.15, 0.2) is 0 Å². The van der Waals surface area contributed by atoms with Crippen LogP contribution in [-0.2, 0) is 17.8 Å². The molecule has 0 spiro atoms. The second-order valence-corrected chi connectivity index (χ2v) is 4.36. The summed E-state index contributed by atoms with van der Waals surface area (Å²) >= 11 is 0. The smallest absolute Gasteiger partial charge is 0.222 e. The normalized spacial score (nSPS) is 15.6. The molecule has 1 aliphatic heterocycles. The Hall–Kier alpha value is -1.42. The van der Waals surface area contributed by atoms with E-state index < -0.39 is 0 Å². The van der Waals surface area contributed by atoms with E-state index in [0.717, 1.165) is 24.9 Å². The fourth-order valence-electron chi connectivity index (χ4n) is 2.14. The largest absolute Gasteiger partial charge is 0.342 e. The summed E-state index contributed by atoms with van der Waals surface area (Å²) in [5, 5.41) is 0. The molecule has 3 nitrogen and oxygen atoms in total. The molecule has 2 N–H and O–H groups in total. The summed E-state index contributed by atoms with van der Waals surface area (Å²) in [7, 11) is 0. The number of benzene rings is 1. The van der Waals surface area contributed by atoms with Crippen LogP contribution in [0.3, 0.4) is 0 Å². The summed E-state index contributed by atoms with van der Waals surface area (Å²) < 4.78 is 13.2. The summed E-state index contributed by atoms with van der Waals surface area (Å²) in [6.07, 6.45) is 2.38. The fourth-order valence-corrected chi connectivity index (χ4v) is 2.14. The lowest BCUT2D eigenvalue weighted by molar-refractivity contribution is -0.127. The minimum absolute atomic E-state index is 0.211. The number of nitrogens with zero attached hydrogens (tertiary/aromatic N) is 1. The topological polar surface area (TPSA) is 46.3 Å². The first-order valence-electron chi connectivity index (χ1n) is 5.96. The van der Waals surface area contributed by atoms with Crippen molar-refractivity contribution >= 4 is 5.91 Å². The van der Waals surface area contributed by atoms with Gasteiger partial charge in [-0.25, -0.2) is 4.39 Å². The van der Waals surface area contributed by atoms with E-state index in [9.17, 15) is 9.18 Å². The molecule has 1 aromatic carbocycles. The van der Waals surface area contributed by atoms with Crippen molar-refractivity contribution in [1.29, 1.82) is 0 Å². The molecule has 0 aromatic heterocycles. The molecule has 0 saturated carbocycles. The van der Waals surface area contributed by atoms with Gasteiger partial charge in [-0.1, -0.05) is 12.1 Å². The molecule has 1 aromatic rings. The molecule has 1 amide bonds. The molecule has 4 heteroatoms. The molecular formula is C13H17FN2O. The number of halogens is 1. The highest BCUT2D eigenvalue weighted by Crippen LogP contribution is 2.13. The first kappa shape index (κ1) is 12.0. The minimum atomic E-state index is -0.256.